The fourth-order valence-corrected chi connectivity index (χ4v) is 3.73. The van der Waals surface area contributed by atoms with Gasteiger partial charge in [0.25, 0.3) is 5.91 Å². The van der Waals surface area contributed by atoms with E-state index >= 15 is 0 Å². The van der Waals surface area contributed by atoms with Gasteiger partial charge in [-0.1, -0.05) is 6.07 Å². The molecule has 0 aliphatic carbocycles. The summed E-state index contributed by atoms with van der Waals surface area (Å²) in [6, 6.07) is 8.86. The summed E-state index contributed by atoms with van der Waals surface area (Å²) < 4.78 is 49.2. The van der Waals surface area contributed by atoms with Gasteiger partial charge in [0.15, 0.2) is 6.61 Å². The number of nitrogens with one attached hydrogen (secondary N) is 1. The summed E-state index contributed by atoms with van der Waals surface area (Å²) in [5.74, 6) is -1.16. The predicted octanol–water partition coefficient (Wildman–Crippen LogP) is 5.33. The number of halogens is 5. The van der Waals surface area contributed by atoms with Gasteiger partial charge in [0.2, 0.25) is 0 Å². The zero-order chi connectivity index (χ0) is 23.2. The Morgan fingerprint density at radius 2 is 1.84 bits per heavy atom. The molecule has 2 aromatic rings. The van der Waals surface area contributed by atoms with E-state index in [1.807, 2.05) is 0 Å². The molecule has 0 aromatic heterocycles. The van der Waals surface area contributed by atoms with Gasteiger partial charge in [-0.3, -0.25) is 4.79 Å². The van der Waals surface area contributed by atoms with E-state index in [0.717, 1.165) is 18.2 Å². The van der Waals surface area contributed by atoms with Crippen LogP contribution in [0.1, 0.15) is 11.1 Å². The van der Waals surface area contributed by atoms with Crippen molar-refractivity contribution >= 4 is 55.5 Å². The number of hydrogen-bond donors (Lipinski definition) is 1. The third kappa shape index (κ3) is 6.83. The molecule has 2 aromatic carbocycles. The fraction of sp³-hybridized carbons (Fsp3) is 0.150. The highest BCUT2D eigenvalue weighted by Gasteiger charge is 2.30. The van der Waals surface area contributed by atoms with Crippen molar-refractivity contribution in [3.63, 3.8) is 0 Å². The molecule has 1 amide bonds. The topological polar surface area (TPSA) is 88.4 Å². The third-order valence-electron chi connectivity index (χ3n) is 3.71. The quantitative estimate of drug-likeness (QED) is 0.293. The summed E-state index contributed by atoms with van der Waals surface area (Å²) in [4.78, 5) is 23.6. The Kier molecular flexibility index (Phi) is 8.24. The number of ether oxygens (including phenoxy) is 2. The van der Waals surface area contributed by atoms with Crippen LogP contribution in [0.4, 0.5) is 18.9 Å². The molecule has 0 heterocycles. The highest BCUT2D eigenvalue weighted by Crippen LogP contribution is 2.35. The predicted molar refractivity (Wildman–Crippen MR) is 113 cm³/mol. The summed E-state index contributed by atoms with van der Waals surface area (Å²) in [5, 5.41) is 11.6. The van der Waals surface area contributed by atoms with Gasteiger partial charge in [0.05, 0.1) is 21.6 Å². The van der Waals surface area contributed by atoms with Crippen LogP contribution in [-0.2, 0) is 20.5 Å². The molecule has 31 heavy (non-hydrogen) atoms. The maximum absolute atomic E-state index is 12.8. The lowest BCUT2D eigenvalue weighted by molar-refractivity contribution is -0.143. The van der Waals surface area contributed by atoms with E-state index in [-0.39, 0.29) is 17.9 Å². The average Bonchev–Trinajstić information content (AvgIpc) is 2.70. The van der Waals surface area contributed by atoms with Crippen LogP contribution in [0.25, 0.3) is 6.08 Å². The van der Waals surface area contributed by atoms with Crippen molar-refractivity contribution < 1.29 is 32.2 Å². The second-order valence-electron chi connectivity index (χ2n) is 5.88. The number of amides is 1. The van der Waals surface area contributed by atoms with Crippen LogP contribution in [0.5, 0.6) is 5.75 Å². The first-order valence-corrected chi connectivity index (χ1v) is 9.92. The molecule has 0 aliphatic rings. The van der Waals surface area contributed by atoms with Gasteiger partial charge in [-0.05, 0) is 73.8 Å². The van der Waals surface area contributed by atoms with E-state index in [0.29, 0.717) is 20.3 Å². The molecule has 0 bridgehead atoms. The fourth-order valence-electron chi connectivity index (χ4n) is 2.28. The second kappa shape index (κ2) is 10.5. The first-order valence-electron chi connectivity index (χ1n) is 8.34. The van der Waals surface area contributed by atoms with E-state index < -0.39 is 23.6 Å². The number of esters is 1. The molecule has 0 aliphatic heterocycles. The van der Waals surface area contributed by atoms with Crippen LogP contribution in [0.15, 0.2) is 50.9 Å². The summed E-state index contributed by atoms with van der Waals surface area (Å²) in [6.07, 6.45) is -3.31. The number of hydrogen-bond acceptors (Lipinski definition) is 5. The molecule has 0 radical (unpaired) electrons. The van der Waals surface area contributed by atoms with E-state index in [1.165, 1.54) is 31.4 Å². The zero-order valence-corrected chi connectivity index (χ0v) is 18.9. The number of anilines is 1. The molecule has 0 saturated carbocycles. The van der Waals surface area contributed by atoms with E-state index in [9.17, 15) is 28.0 Å². The Hall–Kier alpha value is -2.84. The van der Waals surface area contributed by atoms with Crippen molar-refractivity contribution in [3.8, 4) is 11.8 Å². The van der Waals surface area contributed by atoms with Gasteiger partial charge < -0.3 is 14.8 Å². The van der Waals surface area contributed by atoms with Crippen LogP contribution < -0.4 is 10.1 Å². The molecule has 0 unspecified atom stereocenters. The van der Waals surface area contributed by atoms with Gasteiger partial charge in [-0.2, -0.15) is 18.4 Å². The standard InChI is InChI=1S/C20H13Br2F3N2O4/c1-30-17(28)10-31-18-15(21)6-11(7-16(18)22)5-12(9-26)19(29)27-14-4-2-3-13(8-14)20(23,24)25/h2-8H,10H2,1H3,(H,27,29)/b12-5-. The van der Waals surface area contributed by atoms with Crippen molar-refractivity contribution in [2.45, 2.75) is 6.18 Å². The Morgan fingerprint density at radius 3 is 2.39 bits per heavy atom. The number of alkyl halides is 3. The maximum Gasteiger partial charge on any atom is 0.416 e. The highest BCUT2D eigenvalue weighted by atomic mass is 79.9. The molecule has 2 rings (SSSR count). The molecule has 6 nitrogen and oxygen atoms in total. The molecule has 0 spiro atoms. The van der Waals surface area contributed by atoms with Gasteiger partial charge in [-0.25, -0.2) is 4.79 Å². The summed E-state index contributed by atoms with van der Waals surface area (Å²) >= 11 is 6.55. The van der Waals surface area contributed by atoms with Gasteiger partial charge in [0, 0.05) is 5.69 Å². The zero-order valence-electron chi connectivity index (χ0n) is 15.7. The molecular weight excluding hydrogens is 549 g/mol. The third-order valence-corrected chi connectivity index (χ3v) is 4.88. The molecule has 1 N–H and O–H groups in total. The smallest absolute Gasteiger partial charge is 0.416 e. The largest absolute Gasteiger partial charge is 0.480 e. The van der Waals surface area contributed by atoms with Crippen LogP contribution in [-0.4, -0.2) is 25.6 Å². The Labute approximate surface area is 191 Å². The van der Waals surface area contributed by atoms with Crippen molar-refractivity contribution in [3.05, 3.63) is 62.0 Å². The van der Waals surface area contributed by atoms with Crippen molar-refractivity contribution in [1.82, 2.24) is 0 Å². The summed E-state index contributed by atoms with van der Waals surface area (Å²) in [7, 11) is 1.22. The number of benzene rings is 2. The molecule has 162 valence electrons. The van der Waals surface area contributed by atoms with Gasteiger partial charge in [0.1, 0.15) is 17.4 Å². The van der Waals surface area contributed by atoms with Crippen LogP contribution in [0.3, 0.4) is 0 Å². The van der Waals surface area contributed by atoms with E-state index in [2.05, 4.69) is 41.9 Å². The van der Waals surface area contributed by atoms with Crippen molar-refractivity contribution in [1.29, 1.82) is 5.26 Å². The number of nitrogens with zero attached hydrogens (tertiary/aromatic N) is 1. The number of nitriles is 1. The monoisotopic (exact) mass is 560 g/mol. The van der Waals surface area contributed by atoms with E-state index in [1.54, 1.807) is 6.07 Å². The number of carbonyl (C=O) groups excluding carboxylic acids is 2. The number of methoxy groups -OCH3 is 1. The second-order valence-corrected chi connectivity index (χ2v) is 7.59. The van der Waals surface area contributed by atoms with Crippen LogP contribution >= 0.6 is 31.9 Å². The molecular formula is C20H13Br2F3N2O4. The summed E-state index contributed by atoms with van der Waals surface area (Å²) in [6.45, 7) is -0.328. The Morgan fingerprint density at radius 1 is 1.19 bits per heavy atom. The average molecular weight is 562 g/mol. The molecule has 11 heteroatoms. The van der Waals surface area contributed by atoms with Crippen LogP contribution in [0.2, 0.25) is 0 Å². The first-order chi connectivity index (χ1) is 14.5. The minimum atomic E-state index is -4.56. The van der Waals surface area contributed by atoms with E-state index in [4.69, 9.17) is 4.74 Å². The number of carbonyl (C=O) groups is 2. The minimum Gasteiger partial charge on any atom is -0.480 e. The van der Waals surface area contributed by atoms with Gasteiger partial charge in [-0.15, -0.1) is 0 Å². The SMILES string of the molecule is COC(=O)COc1c(Br)cc(/C=C(/C#N)C(=O)Nc2cccc(C(F)(F)F)c2)cc1Br. The Bertz CT molecular complexity index is 1060. The van der Waals surface area contributed by atoms with Crippen molar-refractivity contribution in [2.24, 2.45) is 0 Å². The maximum atomic E-state index is 12.8. The lowest BCUT2D eigenvalue weighted by Gasteiger charge is -2.11. The highest BCUT2D eigenvalue weighted by molar-refractivity contribution is 9.11. The van der Waals surface area contributed by atoms with Crippen molar-refractivity contribution in [2.75, 3.05) is 19.0 Å². The first kappa shape index (κ1) is 24.4. The molecule has 0 fully saturated rings. The molecule has 0 saturated heterocycles. The Balaban J connectivity index is 2.24. The minimum absolute atomic E-state index is 0.102. The molecule has 0 atom stereocenters. The summed E-state index contributed by atoms with van der Waals surface area (Å²) in [5.41, 5.74) is -0.947. The van der Waals surface area contributed by atoms with Crippen LogP contribution in [0, 0.1) is 11.3 Å². The normalized spacial score (nSPS) is 11.5. The van der Waals surface area contributed by atoms with Gasteiger partial charge >= 0.3 is 12.1 Å². The lowest BCUT2D eigenvalue weighted by atomic mass is 10.1. The number of rotatable bonds is 6. The lowest BCUT2D eigenvalue weighted by Crippen LogP contribution is -2.14.